The Morgan fingerprint density at radius 3 is 2.59 bits per heavy atom. The van der Waals surface area contributed by atoms with E-state index in [0.717, 1.165) is 0 Å². The van der Waals surface area contributed by atoms with Gasteiger partial charge in [0.05, 0.1) is 31.8 Å². The van der Waals surface area contributed by atoms with Crippen LogP contribution in [0.1, 0.15) is 10.4 Å². The van der Waals surface area contributed by atoms with Gasteiger partial charge < -0.3 is 14.4 Å². The first kappa shape index (κ1) is 13.0. The van der Waals surface area contributed by atoms with Gasteiger partial charge in [0, 0.05) is 20.2 Å². The van der Waals surface area contributed by atoms with Crippen LogP contribution in [0.4, 0.5) is 5.69 Å². The molecule has 0 heterocycles. The maximum absolute atomic E-state index is 11.5. The summed E-state index contributed by atoms with van der Waals surface area (Å²) in [7, 11) is 6.60. The van der Waals surface area contributed by atoms with Crippen molar-refractivity contribution in [2.24, 2.45) is 4.99 Å². The van der Waals surface area contributed by atoms with Crippen LogP contribution in [0.15, 0.2) is 23.2 Å². The number of carbonyl (C=O) groups excluding carboxylic acids is 1. The van der Waals surface area contributed by atoms with Gasteiger partial charge in [0.15, 0.2) is 0 Å². The van der Waals surface area contributed by atoms with Gasteiger partial charge in [-0.1, -0.05) is 0 Å². The first-order valence-electron chi connectivity index (χ1n) is 5.05. The van der Waals surface area contributed by atoms with Crippen molar-refractivity contribution in [3.05, 3.63) is 23.8 Å². The van der Waals surface area contributed by atoms with Gasteiger partial charge in [-0.25, -0.2) is 9.79 Å². The van der Waals surface area contributed by atoms with Crippen molar-refractivity contribution >= 4 is 18.0 Å². The highest BCUT2D eigenvalue weighted by Crippen LogP contribution is 2.25. The lowest BCUT2D eigenvalue weighted by molar-refractivity contribution is 0.0601. The lowest BCUT2D eigenvalue weighted by Crippen LogP contribution is -2.08. The van der Waals surface area contributed by atoms with E-state index >= 15 is 0 Å². The molecule has 5 heteroatoms. The van der Waals surface area contributed by atoms with Crippen LogP contribution >= 0.6 is 0 Å². The Kier molecular flexibility index (Phi) is 4.51. The summed E-state index contributed by atoms with van der Waals surface area (Å²) in [5.74, 6) is 0.224. The molecule has 0 aliphatic rings. The first-order valence-corrected chi connectivity index (χ1v) is 5.05. The van der Waals surface area contributed by atoms with Gasteiger partial charge in [-0.05, 0) is 12.1 Å². The first-order chi connectivity index (χ1) is 8.08. The van der Waals surface area contributed by atoms with Crippen molar-refractivity contribution in [1.29, 1.82) is 0 Å². The number of aliphatic imine (C=N–C) groups is 1. The zero-order valence-corrected chi connectivity index (χ0v) is 10.4. The summed E-state index contributed by atoms with van der Waals surface area (Å²) in [6.45, 7) is 0. The van der Waals surface area contributed by atoms with E-state index in [4.69, 9.17) is 4.74 Å². The largest absolute Gasteiger partial charge is 0.497 e. The van der Waals surface area contributed by atoms with Crippen molar-refractivity contribution in [2.75, 3.05) is 28.3 Å². The highest BCUT2D eigenvalue weighted by atomic mass is 16.5. The molecule has 1 rings (SSSR count). The third-order valence-electron chi connectivity index (χ3n) is 2.04. The fourth-order valence-corrected chi connectivity index (χ4v) is 1.21. The summed E-state index contributed by atoms with van der Waals surface area (Å²) in [4.78, 5) is 17.5. The molecule has 0 aromatic heterocycles. The van der Waals surface area contributed by atoms with Crippen LogP contribution in [0.3, 0.4) is 0 Å². The minimum Gasteiger partial charge on any atom is -0.497 e. The summed E-state index contributed by atoms with van der Waals surface area (Å²) < 4.78 is 9.78. The molecule has 1 aromatic rings. The lowest BCUT2D eigenvalue weighted by atomic mass is 10.1. The third-order valence-corrected chi connectivity index (χ3v) is 2.04. The molecule has 0 saturated carbocycles. The number of methoxy groups -OCH3 is 2. The van der Waals surface area contributed by atoms with Gasteiger partial charge in [-0.3, -0.25) is 0 Å². The Hall–Kier alpha value is -2.04. The Morgan fingerprint density at radius 1 is 1.35 bits per heavy atom. The molecule has 0 saturated heterocycles. The van der Waals surface area contributed by atoms with E-state index in [1.54, 1.807) is 36.5 Å². The quantitative estimate of drug-likeness (QED) is 0.453. The fourth-order valence-electron chi connectivity index (χ4n) is 1.21. The van der Waals surface area contributed by atoms with Crippen molar-refractivity contribution < 1.29 is 14.3 Å². The van der Waals surface area contributed by atoms with Crippen LogP contribution in [-0.4, -0.2) is 45.5 Å². The van der Waals surface area contributed by atoms with Gasteiger partial charge in [0.1, 0.15) is 5.75 Å². The van der Waals surface area contributed by atoms with E-state index in [1.165, 1.54) is 7.11 Å². The van der Waals surface area contributed by atoms with Crippen LogP contribution in [-0.2, 0) is 4.74 Å². The number of hydrogen-bond acceptors (Lipinski definition) is 4. The molecule has 0 aliphatic heterocycles. The van der Waals surface area contributed by atoms with Crippen molar-refractivity contribution in [2.45, 2.75) is 0 Å². The number of esters is 1. The monoisotopic (exact) mass is 236 g/mol. The molecule has 5 nitrogen and oxygen atoms in total. The standard InChI is InChI=1S/C12H16N2O3/c1-14(2)8-13-11-7-9(16-3)5-6-10(11)12(15)17-4/h5-8H,1-4H3/b13-8+. The van der Waals surface area contributed by atoms with Crippen molar-refractivity contribution in [3.8, 4) is 5.75 Å². The average molecular weight is 236 g/mol. The summed E-state index contributed by atoms with van der Waals surface area (Å²) in [5.41, 5.74) is 0.927. The number of benzene rings is 1. The normalized spacial score (nSPS) is 10.4. The molecule has 0 radical (unpaired) electrons. The average Bonchev–Trinajstić information content (AvgIpc) is 2.34. The van der Waals surface area contributed by atoms with Crippen molar-refractivity contribution in [3.63, 3.8) is 0 Å². The third kappa shape index (κ3) is 3.48. The second kappa shape index (κ2) is 5.89. The van der Waals surface area contributed by atoms with Crippen LogP contribution < -0.4 is 4.74 Å². The van der Waals surface area contributed by atoms with Gasteiger partial charge in [-0.15, -0.1) is 0 Å². The SMILES string of the molecule is COC(=O)c1ccc(OC)cc1/N=C/N(C)C. The molecular formula is C12H16N2O3. The zero-order chi connectivity index (χ0) is 12.8. The molecule has 92 valence electrons. The molecule has 0 spiro atoms. The predicted octanol–water partition coefficient (Wildman–Crippen LogP) is 1.70. The van der Waals surface area contributed by atoms with E-state index in [2.05, 4.69) is 9.73 Å². The maximum Gasteiger partial charge on any atom is 0.340 e. The molecule has 0 bridgehead atoms. The van der Waals surface area contributed by atoms with Gasteiger partial charge in [0.25, 0.3) is 0 Å². The van der Waals surface area contributed by atoms with Crippen LogP contribution in [0, 0.1) is 0 Å². The molecule has 0 aliphatic carbocycles. The predicted molar refractivity (Wildman–Crippen MR) is 66.2 cm³/mol. The molecule has 1 aromatic carbocycles. The second-order valence-electron chi connectivity index (χ2n) is 3.58. The number of hydrogen-bond donors (Lipinski definition) is 0. The summed E-state index contributed by atoms with van der Waals surface area (Å²) in [5, 5.41) is 0. The van der Waals surface area contributed by atoms with E-state index < -0.39 is 5.97 Å². The molecule has 0 unspecified atom stereocenters. The molecular weight excluding hydrogens is 220 g/mol. The van der Waals surface area contributed by atoms with E-state index in [0.29, 0.717) is 17.0 Å². The Balaban J connectivity index is 3.16. The summed E-state index contributed by atoms with van der Waals surface area (Å²) in [6, 6.07) is 5.01. The molecule has 0 amide bonds. The highest BCUT2D eigenvalue weighted by molar-refractivity contribution is 5.95. The second-order valence-corrected chi connectivity index (χ2v) is 3.58. The van der Waals surface area contributed by atoms with Crippen LogP contribution in [0.5, 0.6) is 5.75 Å². The molecule has 0 fully saturated rings. The fraction of sp³-hybridized carbons (Fsp3) is 0.333. The number of rotatable bonds is 4. The van der Waals surface area contributed by atoms with Gasteiger partial charge >= 0.3 is 5.97 Å². The Labute approximate surface area is 101 Å². The van der Waals surface area contributed by atoms with E-state index in [1.807, 2.05) is 14.1 Å². The smallest absolute Gasteiger partial charge is 0.340 e. The topological polar surface area (TPSA) is 51.1 Å². The maximum atomic E-state index is 11.5. The Bertz CT molecular complexity index is 428. The number of nitrogens with zero attached hydrogens (tertiary/aromatic N) is 2. The summed E-state index contributed by atoms with van der Waals surface area (Å²) in [6.07, 6.45) is 1.61. The van der Waals surface area contributed by atoms with Crippen LogP contribution in [0.25, 0.3) is 0 Å². The minimum absolute atomic E-state index is 0.409. The number of carbonyl (C=O) groups is 1. The van der Waals surface area contributed by atoms with E-state index in [9.17, 15) is 4.79 Å². The number of ether oxygens (including phenoxy) is 2. The van der Waals surface area contributed by atoms with Crippen molar-refractivity contribution in [1.82, 2.24) is 4.90 Å². The van der Waals surface area contributed by atoms with E-state index in [-0.39, 0.29) is 0 Å². The summed E-state index contributed by atoms with van der Waals surface area (Å²) >= 11 is 0. The highest BCUT2D eigenvalue weighted by Gasteiger charge is 2.11. The zero-order valence-electron chi connectivity index (χ0n) is 10.4. The lowest BCUT2D eigenvalue weighted by Gasteiger charge is -2.07. The van der Waals surface area contributed by atoms with Gasteiger partial charge in [0.2, 0.25) is 0 Å². The minimum atomic E-state index is -0.418. The molecule has 0 N–H and O–H groups in total. The molecule has 0 atom stereocenters. The Morgan fingerprint density at radius 2 is 2.06 bits per heavy atom. The molecule has 17 heavy (non-hydrogen) atoms. The van der Waals surface area contributed by atoms with Gasteiger partial charge in [-0.2, -0.15) is 0 Å². The van der Waals surface area contributed by atoms with Crippen LogP contribution in [0.2, 0.25) is 0 Å².